The van der Waals surface area contributed by atoms with E-state index in [1.165, 1.54) is 12.8 Å². The Kier molecular flexibility index (Phi) is 3.30. The molecule has 0 aromatic carbocycles. The van der Waals surface area contributed by atoms with Gasteiger partial charge in [0.25, 0.3) is 0 Å². The Morgan fingerprint density at radius 3 is 2.59 bits per heavy atom. The summed E-state index contributed by atoms with van der Waals surface area (Å²) in [6.07, 6.45) is 6.92. The number of fused-ring (bicyclic) bond motifs is 5. The summed E-state index contributed by atoms with van der Waals surface area (Å²) in [6, 6.07) is 0. The van der Waals surface area contributed by atoms with E-state index in [4.69, 9.17) is 0 Å². The molecule has 0 unspecified atom stereocenters. The second-order valence-corrected chi connectivity index (χ2v) is 9.32. The molecule has 3 heteroatoms. The second-order valence-electron chi connectivity index (χ2n) is 9.32. The highest BCUT2D eigenvalue weighted by Crippen LogP contribution is 2.65. The summed E-state index contributed by atoms with van der Waals surface area (Å²) in [7, 11) is 0. The van der Waals surface area contributed by atoms with E-state index in [-0.39, 0.29) is 29.0 Å². The van der Waals surface area contributed by atoms with Crippen molar-refractivity contribution in [3.05, 3.63) is 0 Å². The third-order valence-electron chi connectivity index (χ3n) is 8.25. The summed E-state index contributed by atoms with van der Waals surface area (Å²) < 4.78 is 0. The topological polar surface area (TPSA) is 57.5 Å². The Balaban J connectivity index is 1.67. The van der Waals surface area contributed by atoms with Gasteiger partial charge < -0.3 is 10.2 Å². The van der Waals surface area contributed by atoms with Gasteiger partial charge in [-0.15, -0.1) is 0 Å². The first-order valence-corrected chi connectivity index (χ1v) is 9.21. The minimum absolute atomic E-state index is 0.130. The predicted octanol–water partition coefficient (Wildman–Crippen LogP) is 2.93. The number of carbonyl (C=O) groups is 1. The predicted molar refractivity (Wildman–Crippen MR) is 84.1 cm³/mol. The smallest absolute Gasteiger partial charge is 0.133 e. The normalized spacial score (nSPS) is 57.9. The van der Waals surface area contributed by atoms with Crippen molar-refractivity contribution >= 4 is 5.78 Å². The van der Waals surface area contributed by atoms with Crippen molar-refractivity contribution in [1.82, 2.24) is 0 Å². The van der Waals surface area contributed by atoms with Gasteiger partial charge in [0.2, 0.25) is 0 Å². The molecule has 0 amide bonds. The number of hydrogen-bond donors (Lipinski definition) is 2. The van der Waals surface area contributed by atoms with Crippen molar-refractivity contribution in [2.24, 2.45) is 34.5 Å². The highest BCUT2D eigenvalue weighted by Gasteiger charge is 2.61. The maximum absolute atomic E-state index is 11.9. The third-order valence-corrected chi connectivity index (χ3v) is 8.25. The van der Waals surface area contributed by atoms with Crippen molar-refractivity contribution in [2.75, 3.05) is 0 Å². The molecular weight excluding hydrogens is 276 g/mol. The van der Waals surface area contributed by atoms with Gasteiger partial charge in [-0.25, -0.2) is 0 Å². The molecule has 4 aliphatic rings. The number of rotatable bonds is 0. The highest BCUT2D eigenvalue weighted by atomic mass is 16.3. The van der Waals surface area contributed by atoms with Crippen molar-refractivity contribution in [3.8, 4) is 0 Å². The van der Waals surface area contributed by atoms with Crippen LogP contribution in [0.25, 0.3) is 0 Å². The van der Waals surface area contributed by atoms with E-state index in [2.05, 4.69) is 13.8 Å². The van der Waals surface area contributed by atoms with E-state index >= 15 is 0 Å². The summed E-state index contributed by atoms with van der Waals surface area (Å²) in [5.41, 5.74) is 0.402. The fraction of sp³-hybridized carbons (Fsp3) is 0.947. The first-order chi connectivity index (χ1) is 10.3. The molecule has 22 heavy (non-hydrogen) atoms. The molecule has 0 bridgehead atoms. The number of aliphatic hydroxyl groups is 2. The Labute approximate surface area is 133 Å². The van der Waals surface area contributed by atoms with Gasteiger partial charge >= 0.3 is 0 Å². The number of aliphatic hydroxyl groups excluding tert-OH is 2. The first-order valence-electron chi connectivity index (χ1n) is 9.21. The van der Waals surface area contributed by atoms with E-state index in [9.17, 15) is 15.0 Å². The van der Waals surface area contributed by atoms with Crippen molar-refractivity contribution in [1.29, 1.82) is 0 Å². The standard InChI is InChI=1S/C19H30O3/c1-18-5-4-14-13(15(18)8-12(21)10-18)9-17(22)16-7-11(20)3-6-19(14,16)2/h12-17,21-22H,3-10H2,1-2H3/t12-,13-,14+,15+,16-,17+,18-,19-/m1/s1. The van der Waals surface area contributed by atoms with Gasteiger partial charge in [-0.3, -0.25) is 4.79 Å². The van der Waals surface area contributed by atoms with Gasteiger partial charge in [0.05, 0.1) is 12.2 Å². The van der Waals surface area contributed by atoms with E-state index in [1.54, 1.807) is 0 Å². The summed E-state index contributed by atoms with van der Waals surface area (Å²) in [5.74, 6) is 2.26. The lowest BCUT2D eigenvalue weighted by Gasteiger charge is -2.60. The number of hydrogen-bond acceptors (Lipinski definition) is 3. The number of ketones is 1. The highest BCUT2D eigenvalue weighted by molar-refractivity contribution is 5.79. The van der Waals surface area contributed by atoms with E-state index < -0.39 is 0 Å². The Bertz CT molecular complexity index is 489. The minimum Gasteiger partial charge on any atom is -0.393 e. The fourth-order valence-corrected chi connectivity index (χ4v) is 7.11. The summed E-state index contributed by atoms with van der Waals surface area (Å²) in [4.78, 5) is 11.9. The maximum atomic E-state index is 11.9. The van der Waals surface area contributed by atoms with Gasteiger partial charge in [0.1, 0.15) is 5.78 Å². The molecule has 0 radical (unpaired) electrons. The third kappa shape index (κ3) is 1.97. The SMILES string of the molecule is C[C@]12CC[C@H]3[C@@H](C[C@H](O)[C@H]4CC(=O)CC[C@@]43C)[C@@H]1C[C@@H](O)C2. The average Bonchev–Trinajstić information content (AvgIpc) is 2.76. The van der Waals surface area contributed by atoms with Crippen LogP contribution >= 0.6 is 0 Å². The van der Waals surface area contributed by atoms with Crippen LogP contribution in [0, 0.1) is 34.5 Å². The van der Waals surface area contributed by atoms with E-state index in [1.807, 2.05) is 0 Å². The zero-order valence-corrected chi connectivity index (χ0v) is 13.9. The van der Waals surface area contributed by atoms with E-state index in [0.717, 1.165) is 25.7 Å². The lowest BCUT2D eigenvalue weighted by molar-refractivity contribution is -0.162. The summed E-state index contributed by atoms with van der Waals surface area (Å²) >= 11 is 0. The van der Waals surface area contributed by atoms with Gasteiger partial charge in [0.15, 0.2) is 0 Å². The fourth-order valence-electron chi connectivity index (χ4n) is 7.11. The maximum Gasteiger partial charge on any atom is 0.133 e. The lowest BCUT2D eigenvalue weighted by atomic mass is 9.45. The van der Waals surface area contributed by atoms with Gasteiger partial charge in [-0.05, 0) is 73.0 Å². The summed E-state index contributed by atoms with van der Waals surface area (Å²) in [5, 5.41) is 21.0. The Hall–Kier alpha value is -0.410. The molecule has 4 saturated carbocycles. The molecule has 4 fully saturated rings. The van der Waals surface area contributed by atoms with Crippen LogP contribution in [0.15, 0.2) is 0 Å². The summed E-state index contributed by atoms with van der Waals surface area (Å²) in [6.45, 7) is 4.70. The largest absolute Gasteiger partial charge is 0.393 e. The number of carbonyl (C=O) groups excluding carboxylic acids is 1. The molecule has 0 aromatic heterocycles. The van der Waals surface area contributed by atoms with Gasteiger partial charge in [-0.1, -0.05) is 13.8 Å². The van der Waals surface area contributed by atoms with Crippen LogP contribution in [0.2, 0.25) is 0 Å². The van der Waals surface area contributed by atoms with Gasteiger partial charge in [-0.2, -0.15) is 0 Å². The Morgan fingerprint density at radius 1 is 1.05 bits per heavy atom. The first kappa shape index (κ1) is 15.1. The lowest BCUT2D eigenvalue weighted by Crippen LogP contribution is -2.57. The molecule has 124 valence electrons. The van der Waals surface area contributed by atoms with Crippen molar-refractivity contribution < 1.29 is 15.0 Å². The molecule has 0 saturated heterocycles. The van der Waals surface area contributed by atoms with E-state index in [0.29, 0.717) is 36.4 Å². The molecule has 3 nitrogen and oxygen atoms in total. The quantitative estimate of drug-likeness (QED) is 0.723. The molecule has 0 aliphatic heterocycles. The van der Waals surface area contributed by atoms with Crippen molar-refractivity contribution in [2.45, 2.75) is 77.4 Å². The van der Waals surface area contributed by atoms with Gasteiger partial charge in [0, 0.05) is 12.8 Å². The van der Waals surface area contributed by atoms with Crippen LogP contribution in [0.1, 0.15) is 65.2 Å². The van der Waals surface area contributed by atoms with Crippen LogP contribution in [0.5, 0.6) is 0 Å². The zero-order chi connectivity index (χ0) is 15.7. The molecule has 8 atom stereocenters. The van der Waals surface area contributed by atoms with Crippen LogP contribution in [-0.2, 0) is 4.79 Å². The molecule has 4 aliphatic carbocycles. The molecule has 4 rings (SSSR count). The molecule has 0 heterocycles. The molecule has 2 N–H and O–H groups in total. The zero-order valence-electron chi connectivity index (χ0n) is 13.9. The molecule has 0 spiro atoms. The average molecular weight is 306 g/mol. The Morgan fingerprint density at radius 2 is 1.82 bits per heavy atom. The molecule has 0 aromatic rings. The molecular formula is C19H30O3. The van der Waals surface area contributed by atoms with Crippen LogP contribution < -0.4 is 0 Å². The monoisotopic (exact) mass is 306 g/mol. The van der Waals surface area contributed by atoms with Crippen LogP contribution in [0.3, 0.4) is 0 Å². The second kappa shape index (κ2) is 4.80. The number of Topliss-reactive ketones (excluding diaryl/α,β-unsaturated/α-hetero) is 1. The van der Waals surface area contributed by atoms with Crippen LogP contribution in [-0.4, -0.2) is 28.2 Å². The minimum atomic E-state index is -0.324. The van der Waals surface area contributed by atoms with Crippen molar-refractivity contribution in [3.63, 3.8) is 0 Å². The van der Waals surface area contributed by atoms with Crippen LogP contribution in [0.4, 0.5) is 0 Å².